The van der Waals surface area contributed by atoms with Gasteiger partial charge in [-0.1, -0.05) is 0 Å². The molecule has 1 aromatic rings. The lowest BCUT2D eigenvalue weighted by atomic mass is 10.2. The fraction of sp³-hybridized carbons (Fsp3) is 0.100. The molecule has 2 rings (SSSR count). The molecule has 0 fully saturated rings. The minimum absolute atomic E-state index is 0.348. The molecule has 0 bridgehead atoms. The van der Waals surface area contributed by atoms with Crippen LogP contribution in [0.1, 0.15) is 0 Å². The number of hydrazone groups is 1. The highest BCUT2D eigenvalue weighted by molar-refractivity contribution is 6.45. The molecule has 7 nitrogen and oxygen atoms in total. The summed E-state index contributed by atoms with van der Waals surface area (Å²) in [5.74, 6) is -2.45. The number of hydrogen-bond acceptors (Lipinski definition) is 6. The maximum atomic E-state index is 13.6. The van der Waals surface area contributed by atoms with Crippen LogP contribution in [0.3, 0.4) is 0 Å². The van der Waals surface area contributed by atoms with E-state index in [0.29, 0.717) is 6.07 Å². The lowest BCUT2D eigenvalue weighted by molar-refractivity contribution is -0.286. The molecule has 4 N–H and O–H groups in total. The molecule has 1 aliphatic rings. The minimum atomic E-state index is -3.87. The fourth-order valence-corrected chi connectivity index (χ4v) is 1.32. The predicted molar refractivity (Wildman–Crippen MR) is 61.2 cm³/mol. The van der Waals surface area contributed by atoms with Crippen LogP contribution in [0.4, 0.5) is 18.9 Å². The number of nitrogens with one attached hydrogen (secondary N) is 2. The second kappa shape index (κ2) is 4.61. The first-order valence-electron chi connectivity index (χ1n) is 5.00. The van der Waals surface area contributed by atoms with E-state index in [-0.39, 0.29) is 5.69 Å². The van der Waals surface area contributed by atoms with Gasteiger partial charge in [0.2, 0.25) is 5.71 Å². The van der Waals surface area contributed by atoms with Gasteiger partial charge >= 0.3 is 6.29 Å². The third-order valence-electron chi connectivity index (χ3n) is 2.14. The molecule has 0 unspecified atom stereocenters. The molecule has 1 aliphatic heterocycles. The van der Waals surface area contributed by atoms with Crippen LogP contribution in [0.2, 0.25) is 0 Å². The number of ether oxygens (including phenoxy) is 2. The minimum Gasteiger partial charge on any atom is -0.395 e. The molecule has 1 heterocycles. The average Bonchev–Trinajstić information content (AvgIpc) is 2.62. The summed E-state index contributed by atoms with van der Waals surface area (Å²) in [6.45, 7) is 0. The lowest BCUT2D eigenvalue weighted by Gasteiger charge is -2.04. The highest BCUT2D eigenvalue weighted by Crippen LogP contribution is 2.43. The second-order valence-corrected chi connectivity index (χ2v) is 3.54. The van der Waals surface area contributed by atoms with Crippen molar-refractivity contribution >= 4 is 17.2 Å². The number of nitriles is 1. The summed E-state index contributed by atoms with van der Waals surface area (Å²) < 4.78 is 47.3. The Morgan fingerprint density at radius 1 is 1.40 bits per heavy atom. The van der Waals surface area contributed by atoms with E-state index in [4.69, 9.17) is 16.4 Å². The number of nitrogens with two attached hydrogens (primary N) is 1. The molecule has 0 amide bonds. The summed E-state index contributed by atoms with van der Waals surface area (Å²) in [7, 11) is 0. The molecule has 20 heavy (non-hydrogen) atoms. The van der Waals surface area contributed by atoms with Gasteiger partial charge < -0.3 is 15.2 Å². The smallest absolute Gasteiger partial charge is 0.395 e. The Morgan fingerprint density at radius 2 is 2.00 bits per heavy atom. The maximum Gasteiger partial charge on any atom is 0.586 e. The van der Waals surface area contributed by atoms with Crippen LogP contribution in [0.25, 0.3) is 0 Å². The van der Waals surface area contributed by atoms with Gasteiger partial charge in [0.05, 0.1) is 5.69 Å². The van der Waals surface area contributed by atoms with Crippen LogP contribution in [-0.4, -0.2) is 17.8 Å². The first kappa shape index (κ1) is 13.5. The molecule has 0 saturated carbocycles. The summed E-state index contributed by atoms with van der Waals surface area (Å²) in [6.07, 6.45) is -3.87. The van der Waals surface area contributed by atoms with Crippen molar-refractivity contribution in [3.8, 4) is 17.6 Å². The van der Waals surface area contributed by atoms with Crippen molar-refractivity contribution in [1.29, 1.82) is 10.7 Å². The largest absolute Gasteiger partial charge is 0.586 e. The molecule has 0 radical (unpaired) electrons. The Balaban J connectivity index is 2.28. The van der Waals surface area contributed by atoms with E-state index in [2.05, 4.69) is 20.0 Å². The highest BCUT2D eigenvalue weighted by atomic mass is 19.3. The Hall–Kier alpha value is -2.96. The molecular formula is C10H6F3N5O2. The van der Waals surface area contributed by atoms with Crippen molar-refractivity contribution < 1.29 is 22.6 Å². The zero-order valence-corrected chi connectivity index (χ0v) is 9.58. The second-order valence-electron chi connectivity index (χ2n) is 3.54. The van der Waals surface area contributed by atoms with Gasteiger partial charge in [0, 0.05) is 12.1 Å². The van der Waals surface area contributed by atoms with Crippen LogP contribution in [0.15, 0.2) is 17.2 Å². The SMILES string of the molecule is N#C/C(=N\Nc1cc2c(cc1F)OC(F)(F)O2)C(=N)N. The van der Waals surface area contributed by atoms with Gasteiger partial charge in [-0.25, -0.2) is 4.39 Å². The average molecular weight is 285 g/mol. The van der Waals surface area contributed by atoms with Crippen LogP contribution >= 0.6 is 0 Å². The number of benzene rings is 1. The first-order valence-corrected chi connectivity index (χ1v) is 5.00. The van der Waals surface area contributed by atoms with Crippen molar-refractivity contribution in [3.05, 3.63) is 17.9 Å². The third-order valence-corrected chi connectivity index (χ3v) is 2.14. The standard InChI is InChI=1S/C10H6F3N5O2/c11-4-1-7-8(20-10(12,13)19-7)2-5(4)17-18-6(3-14)9(15)16/h1-2,17H,(H3,15,16)/b18-6+. The van der Waals surface area contributed by atoms with Gasteiger partial charge in [0.25, 0.3) is 0 Å². The van der Waals surface area contributed by atoms with Crippen molar-refractivity contribution in [3.63, 3.8) is 0 Å². The van der Waals surface area contributed by atoms with Crippen molar-refractivity contribution in [2.75, 3.05) is 5.43 Å². The molecule has 0 atom stereocenters. The molecule has 0 aromatic heterocycles. The number of alkyl halides is 2. The topological polar surface area (TPSA) is 117 Å². The van der Waals surface area contributed by atoms with Gasteiger partial charge in [-0.2, -0.15) is 10.4 Å². The quantitative estimate of drug-likeness (QED) is 0.440. The molecule has 10 heteroatoms. The highest BCUT2D eigenvalue weighted by Gasteiger charge is 2.44. The van der Waals surface area contributed by atoms with E-state index in [1.807, 2.05) is 0 Å². The molecular weight excluding hydrogens is 279 g/mol. The Bertz CT molecular complexity index is 653. The zero-order valence-electron chi connectivity index (χ0n) is 9.58. The van der Waals surface area contributed by atoms with Gasteiger partial charge in [-0.05, 0) is 0 Å². The zero-order chi connectivity index (χ0) is 14.9. The van der Waals surface area contributed by atoms with Crippen LogP contribution in [0.5, 0.6) is 11.5 Å². The number of anilines is 1. The molecule has 0 saturated heterocycles. The van der Waals surface area contributed by atoms with Crippen LogP contribution in [0, 0.1) is 22.6 Å². The summed E-state index contributed by atoms with van der Waals surface area (Å²) in [6, 6.07) is 3.05. The van der Waals surface area contributed by atoms with E-state index >= 15 is 0 Å². The van der Waals surface area contributed by atoms with Crippen LogP contribution in [-0.2, 0) is 0 Å². The van der Waals surface area contributed by atoms with Crippen molar-refractivity contribution in [2.45, 2.75) is 6.29 Å². The summed E-state index contributed by atoms with van der Waals surface area (Å²) in [5, 5.41) is 18.9. The van der Waals surface area contributed by atoms with Crippen LogP contribution < -0.4 is 20.6 Å². The number of nitrogens with zero attached hydrogens (tertiary/aromatic N) is 2. The molecule has 0 spiro atoms. The Kier molecular flexibility index (Phi) is 3.11. The van der Waals surface area contributed by atoms with Gasteiger partial charge in [0.1, 0.15) is 6.07 Å². The number of halogens is 3. The Morgan fingerprint density at radius 3 is 2.55 bits per heavy atom. The van der Waals surface area contributed by atoms with Crippen molar-refractivity contribution in [2.24, 2.45) is 10.8 Å². The van der Waals surface area contributed by atoms with E-state index in [9.17, 15) is 13.2 Å². The van der Waals surface area contributed by atoms with Crippen molar-refractivity contribution in [1.82, 2.24) is 0 Å². The van der Waals surface area contributed by atoms with E-state index in [1.54, 1.807) is 0 Å². The van der Waals surface area contributed by atoms with E-state index in [0.717, 1.165) is 6.07 Å². The van der Waals surface area contributed by atoms with Gasteiger partial charge in [0.15, 0.2) is 23.2 Å². The van der Waals surface area contributed by atoms with Gasteiger partial charge in [-0.3, -0.25) is 10.8 Å². The summed E-state index contributed by atoms with van der Waals surface area (Å²) >= 11 is 0. The monoisotopic (exact) mass is 285 g/mol. The third kappa shape index (κ3) is 2.56. The Labute approximate surface area is 109 Å². The van der Waals surface area contributed by atoms with Gasteiger partial charge in [-0.15, -0.1) is 8.78 Å². The number of fused-ring (bicyclic) bond motifs is 1. The fourth-order valence-electron chi connectivity index (χ4n) is 1.32. The van der Waals surface area contributed by atoms with E-state index in [1.165, 1.54) is 6.07 Å². The number of hydrogen-bond donors (Lipinski definition) is 3. The lowest BCUT2D eigenvalue weighted by Crippen LogP contribution is -2.25. The summed E-state index contributed by atoms with van der Waals surface area (Å²) in [5.41, 5.74) is 6.28. The molecule has 1 aromatic carbocycles. The number of amidine groups is 1. The van der Waals surface area contributed by atoms with E-state index < -0.39 is 35.2 Å². The normalized spacial score (nSPS) is 15.6. The first-order chi connectivity index (χ1) is 9.32. The summed E-state index contributed by atoms with van der Waals surface area (Å²) in [4.78, 5) is 0. The maximum absolute atomic E-state index is 13.6. The number of rotatable bonds is 3. The predicted octanol–water partition coefficient (Wildman–Crippen LogP) is 1.37. The molecule has 104 valence electrons. The molecule has 0 aliphatic carbocycles.